The Balaban J connectivity index is 2.66. The predicted molar refractivity (Wildman–Crippen MR) is 28.7 cm³/mol. The lowest BCUT2D eigenvalue weighted by atomic mass is 10.5. The van der Waals surface area contributed by atoms with Crippen molar-refractivity contribution in [2.24, 2.45) is 0 Å². The minimum absolute atomic E-state index is 0.748. The maximum absolute atomic E-state index is 5.08. The maximum atomic E-state index is 5.08. The molecule has 0 saturated carbocycles. The third-order valence-corrected chi connectivity index (χ3v) is 0.585. The minimum atomic E-state index is 0.748. The number of halogens is 1. The van der Waals surface area contributed by atoms with E-state index in [1.807, 2.05) is 19.1 Å². The van der Waals surface area contributed by atoms with E-state index in [0.717, 1.165) is 6.54 Å². The van der Waals surface area contributed by atoms with Gasteiger partial charge >= 0.3 is 0 Å². The van der Waals surface area contributed by atoms with Crippen molar-refractivity contribution in [3.05, 3.63) is 12.2 Å². The monoisotopic (exact) mass is 105 g/mol. The van der Waals surface area contributed by atoms with Gasteiger partial charge in [-0.25, -0.2) is 4.84 Å². The average Bonchev–Trinajstić information content (AvgIpc) is 1.61. The fraction of sp³-hybridized carbons (Fsp3) is 0.500. The second-order valence-corrected chi connectivity index (χ2v) is 1.17. The molecule has 0 aliphatic heterocycles. The molecule has 0 bridgehead atoms. The quantitative estimate of drug-likeness (QED) is 0.413. The molecule has 1 nitrogen and oxygen atoms in total. The lowest BCUT2D eigenvalue weighted by Crippen LogP contribution is -1.94. The zero-order chi connectivity index (χ0) is 4.83. The van der Waals surface area contributed by atoms with Gasteiger partial charge in [-0.2, -0.15) is 0 Å². The highest BCUT2D eigenvalue weighted by atomic mass is 35.5. The Morgan fingerprint density at radius 3 is 2.67 bits per heavy atom. The van der Waals surface area contributed by atoms with Crippen LogP contribution in [0.2, 0.25) is 0 Å². The van der Waals surface area contributed by atoms with Gasteiger partial charge in [0.15, 0.2) is 0 Å². The minimum Gasteiger partial charge on any atom is -0.230 e. The first-order valence-corrected chi connectivity index (χ1v) is 2.24. The van der Waals surface area contributed by atoms with Crippen LogP contribution in [0.1, 0.15) is 6.92 Å². The van der Waals surface area contributed by atoms with Crippen LogP contribution in [0.5, 0.6) is 0 Å². The van der Waals surface area contributed by atoms with Gasteiger partial charge in [-0.3, -0.25) is 0 Å². The fourth-order valence-corrected chi connectivity index (χ4v) is 0.251. The molecule has 0 aromatic rings. The highest BCUT2D eigenvalue weighted by Crippen LogP contribution is 1.66. The molecule has 0 unspecified atom stereocenters. The molecule has 2 heteroatoms. The second-order valence-electron chi connectivity index (χ2n) is 0.907. The molecule has 0 rings (SSSR count). The van der Waals surface area contributed by atoms with E-state index in [1.54, 1.807) is 0 Å². The molecule has 0 aromatic carbocycles. The highest BCUT2D eigenvalue weighted by molar-refractivity contribution is 6.13. The normalized spacial score (nSPS) is 10.3. The van der Waals surface area contributed by atoms with E-state index in [4.69, 9.17) is 11.8 Å². The first kappa shape index (κ1) is 5.99. The fourth-order valence-electron chi connectivity index (χ4n) is 0.162. The van der Waals surface area contributed by atoms with Gasteiger partial charge in [0.2, 0.25) is 0 Å². The van der Waals surface area contributed by atoms with E-state index >= 15 is 0 Å². The predicted octanol–water partition coefficient (Wildman–Crippen LogP) is 1.31. The van der Waals surface area contributed by atoms with Crippen molar-refractivity contribution >= 4 is 11.8 Å². The zero-order valence-electron chi connectivity index (χ0n) is 3.74. The Kier molecular flexibility index (Phi) is 4.98. The van der Waals surface area contributed by atoms with Crippen LogP contribution in [0.25, 0.3) is 0 Å². The van der Waals surface area contributed by atoms with Crippen LogP contribution >= 0.6 is 11.8 Å². The molecular formula is C4H8ClN. The van der Waals surface area contributed by atoms with Gasteiger partial charge in [0.25, 0.3) is 0 Å². The van der Waals surface area contributed by atoms with Crippen LogP contribution in [-0.4, -0.2) is 6.54 Å². The summed E-state index contributed by atoms with van der Waals surface area (Å²) in [5.74, 6) is 0. The van der Waals surface area contributed by atoms with E-state index in [9.17, 15) is 0 Å². The van der Waals surface area contributed by atoms with Gasteiger partial charge in [0.05, 0.1) is 0 Å². The van der Waals surface area contributed by atoms with E-state index in [2.05, 4.69) is 4.84 Å². The summed E-state index contributed by atoms with van der Waals surface area (Å²) in [4.78, 5) is 2.45. The van der Waals surface area contributed by atoms with Crippen molar-refractivity contribution < 1.29 is 0 Å². The van der Waals surface area contributed by atoms with Gasteiger partial charge in [-0.1, -0.05) is 12.2 Å². The molecule has 0 saturated heterocycles. The molecule has 0 amide bonds. The molecular weight excluding hydrogens is 97.5 g/mol. The Bertz CT molecular complexity index is 42.8. The molecule has 6 heavy (non-hydrogen) atoms. The smallest absolute Gasteiger partial charge is 0.0288 e. The molecule has 1 N–H and O–H groups in total. The molecule has 0 aliphatic carbocycles. The third kappa shape index (κ3) is 3.99. The molecule has 0 aromatic heterocycles. The summed E-state index contributed by atoms with van der Waals surface area (Å²) >= 11 is 5.08. The topological polar surface area (TPSA) is 12.0 Å². The Morgan fingerprint density at radius 2 is 2.50 bits per heavy atom. The van der Waals surface area contributed by atoms with Crippen LogP contribution in [0.15, 0.2) is 12.2 Å². The maximum Gasteiger partial charge on any atom is 0.0288 e. The van der Waals surface area contributed by atoms with Crippen LogP contribution in [-0.2, 0) is 0 Å². The summed E-state index contributed by atoms with van der Waals surface area (Å²) in [6, 6.07) is 0. The first-order valence-electron chi connectivity index (χ1n) is 1.86. The molecule has 0 atom stereocenters. The van der Waals surface area contributed by atoms with Crippen molar-refractivity contribution in [1.82, 2.24) is 4.84 Å². The van der Waals surface area contributed by atoms with Crippen molar-refractivity contribution in [2.45, 2.75) is 6.92 Å². The van der Waals surface area contributed by atoms with E-state index in [1.165, 1.54) is 0 Å². The number of nitrogens with one attached hydrogen (secondary N) is 1. The summed E-state index contributed by atoms with van der Waals surface area (Å²) in [6.07, 6.45) is 3.88. The number of allylic oxidation sites excluding steroid dienone is 1. The van der Waals surface area contributed by atoms with Crippen LogP contribution in [0.3, 0.4) is 0 Å². The zero-order valence-corrected chi connectivity index (χ0v) is 4.50. The molecule has 0 heterocycles. The summed E-state index contributed by atoms with van der Waals surface area (Å²) in [7, 11) is 0. The summed E-state index contributed by atoms with van der Waals surface area (Å²) in [5.41, 5.74) is 0. The van der Waals surface area contributed by atoms with Crippen molar-refractivity contribution in [1.29, 1.82) is 0 Å². The van der Waals surface area contributed by atoms with Gasteiger partial charge in [0.1, 0.15) is 0 Å². The van der Waals surface area contributed by atoms with Crippen molar-refractivity contribution in [3.63, 3.8) is 0 Å². The van der Waals surface area contributed by atoms with Crippen LogP contribution in [0.4, 0.5) is 0 Å². The van der Waals surface area contributed by atoms with Crippen molar-refractivity contribution in [2.75, 3.05) is 6.54 Å². The Labute approximate surface area is 43.1 Å². The van der Waals surface area contributed by atoms with Gasteiger partial charge in [0, 0.05) is 6.54 Å². The molecule has 0 fully saturated rings. The number of hydrogen-bond acceptors (Lipinski definition) is 1. The lowest BCUT2D eigenvalue weighted by Gasteiger charge is -1.78. The van der Waals surface area contributed by atoms with E-state index in [0.29, 0.717) is 0 Å². The van der Waals surface area contributed by atoms with Gasteiger partial charge in [-0.05, 0) is 18.7 Å². The summed E-state index contributed by atoms with van der Waals surface area (Å²) in [6.45, 7) is 2.70. The van der Waals surface area contributed by atoms with E-state index in [-0.39, 0.29) is 0 Å². The number of hydrogen-bond donors (Lipinski definition) is 1. The van der Waals surface area contributed by atoms with Crippen molar-refractivity contribution in [3.8, 4) is 0 Å². The molecule has 0 spiro atoms. The molecule has 36 valence electrons. The largest absolute Gasteiger partial charge is 0.230 e. The van der Waals surface area contributed by atoms with Crippen LogP contribution < -0.4 is 4.84 Å². The van der Waals surface area contributed by atoms with Gasteiger partial charge in [-0.15, -0.1) is 0 Å². The molecule has 0 aliphatic rings. The summed E-state index contributed by atoms with van der Waals surface area (Å²) in [5, 5.41) is 0. The average molecular weight is 106 g/mol. The molecule has 0 radical (unpaired) electrons. The number of rotatable bonds is 2. The Hall–Kier alpha value is -0.0100. The summed E-state index contributed by atoms with van der Waals surface area (Å²) < 4.78 is 0. The standard InChI is InChI=1S/C4H8ClN/c1-2-3-4-6-5/h2-3,6H,4H2,1H3/b3-2+. The highest BCUT2D eigenvalue weighted by Gasteiger charge is 1.63. The third-order valence-electron chi connectivity index (χ3n) is 0.431. The SMILES string of the molecule is C/C=C/CNCl. The lowest BCUT2D eigenvalue weighted by molar-refractivity contribution is 1.11. The second kappa shape index (κ2) is 4.99. The van der Waals surface area contributed by atoms with E-state index < -0.39 is 0 Å². The van der Waals surface area contributed by atoms with Gasteiger partial charge < -0.3 is 0 Å². The van der Waals surface area contributed by atoms with Crippen LogP contribution in [0, 0.1) is 0 Å². The first-order chi connectivity index (χ1) is 2.91. The Morgan fingerprint density at radius 1 is 1.83 bits per heavy atom.